The first kappa shape index (κ1) is 21.3. The van der Waals surface area contributed by atoms with E-state index in [-0.39, 0.29) is 24.8 Å². The van der Waals surface area contributed by atoms with Crippen molar-refractivity contribution in [3.05, 3.63) is 94.6 Å². The number of halogens is 2. The summed E-state index contributed by atoms with van der Waals surface area (Å²) in [7, 11) is 0. The van der Waals surface area contributed by atoms with E-state index in [0.717, 1.165) is 53.1 Å². The van der Waals surface area contributed by atoms with E-state index in [9.17, 15) is 9.50 Å². The van der Waals surface area contributed by atoms with Crippen LogP contribution in [-0.2, 0) is 26.1 Å². The summed E-state index contributed by atoms with van der Waals surface area (Å²) in [5.74, 6) is 0.677. The number of aromatic nitrogens is 2. The van der Waals surface area contributed by atoms with Gasteiger partial charge >= 0.3 is 0 Å². The predicted molar refractivity (Wildman–Crippen MR) is 124 cm³/mol. The van der Waals surface area contributed by atoms with Gasteiger partial charge in [-0.3, -0.25) is 0 Å². The maximum Gasteiger partial charge on any atom is 0.153 e. The van der Waals surface area contributed by atoms with Crippen molar-refractivity contribution in [2.45, 2.75) is 33.0 Å². The zero-order valence-corrected chi connectivity index (χ0v) is 18.2. The molecule has 1 N–H and O–H groups in total. The van der Waals surface area contributed by atoms with E-state index in [1.165, 1.54) is 17.2 Å². The molecule has 31 heavy (non-hydrogen) atoms. The van der Waals surface area contributed by atoms with Crippen molar-refractivity contribution in [3.8, 4) is 0 Å². The van der Waals surface area contributed by atoms with Crippen LogP contribution < -0.4 is 4.90 Å². The fourth-order valence-corrected chi connectivity index (χ4v) is 4.60. The summed E-state index contributed by atoms with van der Waals surface area (Å²) < 4.78 is 16.0. The highest BCUT2D eigenvalue weighted by Gasteiger charge is 2.23. The molecular formula is C25H25ClFN3O. The van der Waals surface area contributed by atoms with Gasteiger partial charge in [-0.25, -0.2) is 9.37 Å². The first-order valence-corrected chi connectivity index (χ1v) is 10.3. The summed E-state index contributed by atoms with van der Waals surface area (Å²) in [6.07, 6.45) is 2.80. The molecule has 1 aliphatic rings. The van der Waals surface area contributed by atoms with Crippen LogP contribution >= 0.6 is 12.4 Å². The van der Waals surface area contributed by atoms with Gasteiger partial charge in [-0.1, -0.05) is 36.4 Å². The lowest BCUT2D eigenvalue weighted by molar-refractivity contribution is 0.282. The van der Waals surface area contributed by atoms with Crippen LogP contribution in [-0.4, -0.2) is 21.2 Å². The lowest BCUT2D eigenvalue weighted by atomic mass is 10.00. The Morgan fingerprint density at radius 2 is 1.87 bits per heavy atom. The van der Waals surface area contributed by atoms with Crippen LogP contribution in [0.15, 0.2) is 60.8 Å². The van der Waals surface area contributed by atoms with E-state index in [4.69, 9.17) is 4.98 Å². The maximum absolute atomic E-state index is 13.8. The zero-order chi connectivity index (χ0) is 20.7. The molecular weight excluding hydrogens is 413 g/mol. The third-order valence-corrected chi connectivity index (χ3v) is 6.16. The van der Waals surface area contributed by atoms with E-state index < -0.39 is 0 Å². The standard InChI is InChI=1S/C25H24FN3O.ClH/c1-17-23(16-30)22-9-11-27-25(28-12-10-19-6-2-3-7-20(19)15-28)24(22)29(17)14-18-5-4-8-21(26)13-18;/h2-9,11,13,30H,10,12,14-16H2,1H3;1H. The van der Waals surface area contributed by atoms with Crippen LogP contribution in [0.3, 0.4) is 0 Å². The number of benzene rings is 2. The first-order chi connectivity index (χ1) is 14.7. The molecule has 2 aromatic heterocycles. The molecule has 6 heteroatoms. The van der Waals surface area contributed by atoms with Gasteiger partial charge in [0.2, 0.25) is 0 Å². The molecule has 0 saturated carbocycles. The molecule has 2 aromatic carbocycles. The minimum Gasteiger partial charge on any atom is -0.392 e. The van der Waals surface area contributed by atoms with E-state index in [0.29, 0.717) is 6.54 Å². The van der Waals surface area contributed by atoms with E-state index in [1.54, 1.807) is 12.1 Å². The van der Waals surface area contributed by atoms with Gasteiger partial charge in [-0.05, 0) is 48.2 Å². The Kier molecular flexibility index (Phi) is 5.99. The summed E-state index contributed by atoms with van der Waals surface area (Å²) in [4.78, 5) is 7.07. The highest BCUT2D eigenvalue weighted by Crippen LogP contribution is 2.34. The van der Waals surface area contributed by atoms with Gasteiger partial charge in [0.25, 0.3) is 0 Å². The quantitative estimate of drug-likeness (QED) is 0.488. The molecule has 0 bridgehead atoms. The van der Waals surface area contributed by atoms with Crippen molar-refractivity contribution in [3.63, 3.8) is 0 Å². The van der Waals surface area contributed by atoms with Gasteiger partial charge in [0.15, 0.2) is 5.82 Å². The first-order valence-electron chi connectivity index (χ1n) is 10.3. The number of rotatable bonds is 4. The van der Waals surface area contributed by atoms with Crippen molar-refractivity contribution in [1.82, 2.24) is 9.55 Å². The molecule has 3 heterocycles. The average molecular weight is 438 g/mol. The van der Waals surface area contributed by atoms with Crippen LogP contribution in [0.5, 0.6) is 0 Å². The Balaban J connectivity index is 0.00000231. The number of pyridine rings is 1. The molecule has 0 saturated heterocycles. The minimum atomic E-state index is -0.241. The number of nitrogens with zero attached hydrogens (tertiary/aromatic N) is 3. The second-order valence-corrected chi connectivity index (χ2v) is 7.91. The molecule has 4 aromatic rings. The molecule has 160 valence electrons. The second-order valence-electron chi connectivity index (χ2n) is 7.91. The number of hydrogen-bond acceptors (Lipinski definition) is 3. The Morgan fingerprint density at radius 3 is 2.65 bits per heavy atom. The zero-order valence-electron chi connectivity index (χ0n) is 17.4. The smallest absolute Gasteiger partial charge is 0.153 e. The van der Waals surface area contributed by atoms with Gasteiger partial charge < -0.3 is 14.6 Å². The van der Waals surface area contributed by atoms with Crippen molar-refractivity contribution < 1.29 is 9.50 Å². The average Bonchev–Trinajstić information content (AvgIpc) is 3.04. The third kappa shape index (κ3) is 3.80. The fourth-order valence-electron chi connectivity index (χ4n) is 4.60. The fraction of sp³-hybridized carbons (Fsp3) is 0.240. The van der Waals surface area contributed by atoms with Crippen molar-refractivity contribution >= 4 is 29.1 Å². The van der Waals surface area contributed by atoms with Crippen LogP contribution in [0.4, 0.5) is 10.2 Å². The Hall–Kier alpha value is -2.89. The molecule has 0 aliphatic carbocycles. The lowest BCUT2D eigenvalue weighted by Crippen LogP contribution is -2.31. The molecule has 1 aliphatic heterocycles. The molecule has 0 spiro atoms. The summed E-state index contributed by atoms with van der Waals surface area (Å²) in [5, 5.41) is 11.1. The SMILES string of the molecule is Cc1c(CO)c2ccnc(N3CCc4ccccc4C3)c2n1Cc1cccc(F)c1.Cl. The largest absolute Gasteiger partial charge is 0.392 e. The van der Waals surface area contributed by atoms with Gasteiger partial charge in [-0.15, -0.1) is 12.4 Å². The molecule has 5 rings (SSSR count). The van der Waals surface area contributed by atoms with Crippen LogP contribution in [0.1, 0.15) is 27.9 Å². The summed E-state index contributed by atoms with van der Waals surface area (Å²) in [6, 6.07) is 17.2. The van der Waals surface area contributed by atoms with Gasteiger partial charge in [0.05, 0.1) is 12.1 Å². The van der Waals surface area contributed by atoms with Gasteiger partial charge in [-0.2, -0.15) is 0 Å². The molecule has 0 atom stereocenters. The number of aliphatic hydroxyl groups excluding tert-OH is 1. The van der Waals surface area contributed by atoms with Crippen molar-refractivity contribution in [2.75, 3.05) is 11.4 Å². The van der Waals surface area contributed by atoms with E-state index in [2.05, 4.69) is 33.7 Å². The summed E-state index contributed by atoms with van der Waals surface area (Å²) in [5.41, 5.74) is 6.50. The molecule has 0 amide bonds. The Labute approximate surface area is 187 Å². The highest BCUT2D eigenvalue weighted by molar-refractivity contribution is 5.94. The molecule has 4 nitrogen and oxygen atoms in total. The minimum absolute atomic E-state index is 0. The van der Waals surface area contributed by atoms with Crippen LogP contribution in [0, 0.1) is 12.7 Å². The maximum atomic E-state index is 13.8. The molecule has 0 fully saturated rings. The number of hydrogen-bond donors (Lipinski definition) is 1. The number of aliphatic hydroxyl groups is 1. The third-order valence-electron chi connectivity index (χ3n) is 6.16. The summed E-state index contributed by atoms with van der Waals surface area (Å²) >= 11 is 0. The Bertz CT molecular complexity index is 1240. The Morgan fingerprint density at radius 1 is 1.06 bits per heavy atom. The monoisotopic (exact) mass is 437 g/mol. The highest BCUT2D eigenvalue weighted by atomic mass is 35.5. The van der Waals surface area contributed by atoms with Gasteiger partial charge in [0, 0.05) is 42.5 Å². The second kappa shape index (κ2) is 8.69. The summed E-state index contributed by atoms with van der Waals surface area (Å²) in [6.45, 7) is 4.21. The van der Waals surface area contributed by atoms with Crippen molar-refractivity contribution in [1.29, 1.82) is 0 Å². The van der Waals surface area contributed by atoms with E-state index >= 15 is 0 Å². The van der Waals surface area contributed by atoms with Crippen LogP contribution in [0.25, 0.3) is 10.9 Å². The van der Waals surface area contributed by atoms with E-state index in [1.807, 2.05) is 25.3 Å². The number of anilines is 1. The van der Waals surface area contributed by atoms with Gasteiger partial charge in [0.1, 0.15) is 5.82 Å². The topological polar surface area (TPSA) is 41.3 Å². The normalized spacial score (nSPS) is 13.2. The van der Waals surface area contributed by atoms with Crippen molar-refractivity contribution in [2.24, 2.45) is 0 Å². The molecule has 0 radical (unpaired) electrons. The lowest BCUT2D eigenvalue weighted by Gasteiger charge is -2.30. The van der Waals surface area contributed by atoms with Crippen LogP contribution in [0.2, 0.25) is 0 Å². The number of fused-ring (bicyclic) bond motifs is 2. The predicted octanol–water partition coefficient (Wildman–Crippen LogP) is 5.01. The molecule has 0 unspecified atom stereocenters.